The Bertz CT molecular complexity index is 565. The van der Waals surface area contributed by atoms with Crippen LogP contribution in [0.15, 0.2) is 22.8 Å². The van der Waals surface area contributed by atoms with Crippen LogP contribution in [0.25, 0.3) is 0 Å². The van der Waals surface area contributed by atoms with Crippen molar-refractivity contribution in [3.05, 3.63) is 22.8 Å². The minimum atomic E-state index is 0.491. The predicted molar refractivity (Wildman–Crippen MR) is 104 cm³/mol. The van der Waals surface area contributed by atoms with E-state index in [0.29, 0.717) is 10.8 Å². The van der Waals surface area contributed by atoms with Crippen LogP contribution in [0.4, 0.5) is 0 Å². The second kappa shape index (κ2) is 6.03. The van der Waals surface area contributed by atoms with Crippen LogP contribution in [0.2, 0.25) is 0 Å². The van der Waals surface area contributed by atoms with E-state index in [-0.39, 0.29) is 0 Å². The molecule has 4 aliphatic rings. The third-order valence-electron chi connectivity index (χ3n) is 8.86. The van der Waals surface area contributed by atoms with Crippen molar-refractivity contribution in [1.29, 1.82) is 0 Å². The Morgan fingerprint density at radius 1 is 1.08 bits per heavy atom. The van der Waals surface area contributed by atoms with Gasteiger partial charge in [-0.3, -0.25) is 0 Å². The van der Waals surface area contributed by atoms with Gasteiger partial charge in [-0.15, -0.1) is 0 Å². The summed E-state index contributed by atoms with van der Waals surface area (Å²) < 4.78 is 0. The van der Waals surface area contributed by atoms with Crippen LogP contribution in [-0.2, 0) is 0 Å². The van der Waals surface area contributed by atoms with E-state index in [1.54, 1.807) is 0 Å². The van der Waals surface area contributed by atoms with Crippen molar-refractivity contribution >= 4 is 0 Å². The molecule has 134 valence electrons. The Morgan fingerprint density at radius 2 is 1.92 bits per heavy atom. The van der Waals surface area contributed by atoms with E-state index in [0.717, 1.165) is 17.8 Å². The van der Waals surface area contributed by atoms with Crippen molar-refractivity contribution in [2.75, 3.05) is 0 Å². The SMILES string of the molecule is CCC[C@@H](C)[C@H]1CC=C2C3=C(CC[C@@]21C)[C@@]1(C)CCCCC1CC3. The van der Waals surface area contributed by atoms with E-state index in [2.05, 4.69) is 33.8 Å². The lowest BCUT2D eigenvalue weighted by molar-refractivity contribution is 0.107. The molecule has 0 radical (unpaired) electrons. The highest BCUT2D eigenvalue weighted by atomic mass is 14.6. The number of fused-ring (bicyclic) bond motifs is 4. The quantitative estimate of drug-likeness (QED) is 0.505. The summed E-state index contributed by atoms with van der Waals surface area (Å²) in [6, 6.07) is 0. The lowest BCUT2D eigenvalue weighted by Gasteiger charge is -2.53. The highest BCUT2D eigenvalue weighted by Gasteiger charge is 2.52. The van der Waals surface area contributed by atoms with Gasteiger partial charge in [-0.05, 0) is 84.7 Å². The molecule has 0 amide bonds. The molecule has 1 fully saturated rings. The summed E-state index contributed by atoms with van der Waals surface area (Å²) in [6.07, 6.45) is 18.4. The average molecular weight is 327 g/mol. The Morgan fingerprint density at radius 3 is 2.71 bits per heavy atom. The van der Waals surface area contributed by atoms with Crippen LogP contribution < -0.4 is 0 Å². The van der Waals surface area contributed by atoms with Crippen molar-refractivity contribution in [2.45, 2.75) is 98.3 Å². The molecule has 0 aromatic carbocycles. The molecule has 0 aliphatic heterocycles. The van der Waals surface area contributed by atoms with Crippen LogP contribution in [0, 0.1) is 28.6 Å². The smallest absolute Gasteiger partial charge is 0.00389 e. The fraction of sp³-hybridized carbons (Fsp3) is 0.833. The third-order valence-corrected chi connectivity index (χ3v) is 8.86. The van der Waals surface area contributed by atoms with Gasteiger partial charge >= 0.3 is 0 Å². The first-order valence-electron chi connectivity index (χ1n) is 10.9. The van der Waals surface area contributed by atoms with Gasteiger partial charge < -0.3 is 0 Å². The molecule has 1 unspecified atom stereocenters. The predicted octanol–water partition coefficient (Wildman–Crippen LogP) is 7.46. The van der Waals surface area contributed by atoms with Gasteiger partial charge in [0.1, 0.15) is 0 Å². The number of rotatable bonds is 3. The maximum Gasteiger partial charge on any atom is -0.00389 e. The molecule has 0 N–H and O–H groups in total. The molecule has 0 aromatic rings. The maximum atomic E-state index is 2.69. The highest BCUT2D eigenvalue weighted by Crippen LogP contribution is 2.64. The molecule has 0 spiro atoms. The number of hydrogen-bond donors (Lipinski definition) is 0. The fourth-order valence-electron chi connectivity index (χ4n) is 7.44. The summed E-state index contributed by atoms with van der Waals surface area (Å²) >= 11 is 0. The minimum absolute atomic E-state index is 0.491. The first-order chi connectivity index (χ1) is 11.5. The second-order valence-corrected chi connectivity index (χ2v) is 10.00. The van der Waals surface area contributed by atoms with Crippen LogP contribution in [0.5, 0.6) is 0 Å². The van der Waals surface area contributed by atoms with Gasteiger partial charge in [0.25, 0.3) is 0 Å². The molecule has 0 saturated heterocycles. The Labute approximate surface area is 150 Å². The second-order valence-electron chi connectivity index (χ2n) is 10.00. The van der Waals surface area contributed by atoms with Crippen LogP contribution in [-0.4, -0.2) is 0 Å². The molecular weight excluding hydrogens is 288 g/mol. The Balaban J connectivity index is 1.68. The minimum Gasteiger partial charge on any atom is -0.0802 e. The largest absolute Gasteiger partial charge is 0.0802 e. The summed E-state index contributed by atoms with van der Waals surface area (Å²) in [5, 5.41) is 0. The normalized spacial score (nSPS) is 42.9. The van der Waals surface area contributed by atoms with Crippen LogP contribution >= 0.6 is 0 Å². The Kier molecular flexibility index (Phi) is 4.25. The van der Waals surface area contributed by atoms with Crippen molar-refractivity contribution in [3.8, 4) is 0 Å². The monoisotopic (exact) mass is 326 g/mol. The Hall–Kier alpha value is -0.520. The molecule has 0 bridgehead atoms. The van der Waals surface area contributed by atoms with E-state index in [1.807, 2.05) is 16.7 Å². The van der Waals surface area contributed by atoms with E-state index in [4.69, 9.17) is 0 Å². The number of allylic oxidation sites excluding steroid dienone is 4. The first kappa shape index (κ1) is 16.9. The average Bonchev–Trinajstić information content (AvgIpc) is 2.92. The van der Waals surface area contributed by atoms with E-state index in [1.165, 1.54) is 70.6 Å². The van der Waals surface area contributed by atoms with Crippen LogP contribution in [0.3, 0.4) is 0 Å². The molecule has 0 heteroatoms. The van der Waals surface area contributed by atoms with E-state index >= 15 is 0 Å². The summed E-state index contributed by atoms with van der Waals surface area (Å²) in [5.41, 5.74) is 6.65. The van der Waals surface area contributed by atoms with Crippen molar-refractivity contribution in [1.82, 2.24) is 0 Å². The molecule has 5 atom stereocenters. The number of hydrogen-bond acceptors (Lipinski definition) is 0. The lowest BCUT2D eigenvalue weighted by Crippen LogP contribution is -2.41. The van der Waals surface area contributed by atoms with Gasteiger partial charge in [-0.25, -0.2) is 0 Å². The van der Waals surface area contributed by atoms with E-state index < -0.39 is 0 Å². The molecular formula is C24H38. The third kappa shape index (κ3) is 2.31. The van der Waals surface area contributed by atoms with Gasteiger partial charge in [-0.1, -0.05) is 65.0 Å². The van der Waals surface area contributed by atoms with Gasteiger partial charge in [0.2, 0.25) is 0 Å². The van der Waals surface area contributed by atoms with Gasteiger partial charge in [0.05, 0.1) is 0 Å². The molecule has 4 aliphatic carbocycles. The van der Waals surface area contributed by atoms with Crippen molar-refractivity contribution in [3.63, 3.8) is 0 Å². The summed E-state index contributed by atoms with van der Waals surface area (Å²) in [5.74, 6) is 2.78. The summed E-state index contributed by atoms with van der Waals surface area (Å²) in [6.45, 7) is 10.1. The maximum absolute atomic E-state index is 2.69. The zero-order valence-corrected chi connectivity index (χ0v) is 16.6. The highest BCUT2D eigenvalue weighted by molar-refractivity contribution is 5.49. The molecule has 0 nitrogen and oxygen atoms in total. The van der Waals surface area contributed by atoms with Gasteiger partial charge in [-0.2, -0.15) is 0 Å². The zero-order chi connectivity index (χ0) is 16.9. The fourth-order valence-corrected chi connectivity index (χ4v) is 7.44. The summed E-state index contributed by atoms with van der Waals surface area (Å²) in [7, 11) is 0. The van der Waals surface area contributed by atoms with Crippen molar-refractivity contribution in [2.24, 2.45) is 28.6 Å². The van der Waals surface area contributed by atoms with Crippen molar-refractivity contribution < 1.29 is 0 Å². The van der Waals surface area contributed by atoms with Gasteiger partial charge in [0, 0.05) is 0 Å². The van der Waals surface area contributed by atoms with E-state index in [9.17, 15) is 0 Å². The summed E-state index contributed by atoms with van der Waals surface area (Å²) in [4.78, 5) is 0. The molecule has 24 heavy (non-hydrogen) atoms. The molecule has 0 aromatic heterocycles. The molecule has 0 heterocycles. The molecule has 4 rings (SSSR count). The lowest BCUT2D eigenvalue weighted by atomic mass is 9.52. The van der Waals surface area contributed by atoms with Crippen LogP contribution in [0.1, 0.15) is 98.3 Å². The zero-order valence-electron chi connectivity index (χ0n) is 16.6. The standard InChI is InChI=1S/C24H38/c1-5-8-17(2)20-12-13-21-19-11-10-18-9-6-7-15-23(18,3)22(19)14-16-24(20,21)4/h13,17-18,20H,5-12,14-16H2,1-4H3/t17-,18?,20-,23+,24-/m1/s1. The topological polar surface area (TPSA) is 0 Å². The molecule has 1 saturated carbocycles. The first-order valence-corrected chi connectivity index (χ1v) is 10.9. The van der Waals surface area contributed by atoms with Gasteiger partial charge in [0.15, 0.2) is 0 Å².